The number of hydrogen-bond acceptors (Lipinski definition) is 4. The maximum absolute atomic E-state index is 10.4. The second kappa shape index (κ2) is 1.87. The average molecular weight is 164 g/mol. The van der Waals surface area contributed by atoms with Crippen molar-refractivity contribution in [2.45, 2.75) is 0 Å². The molecule has 7 heteroatoms. The third kappa shape index (κ3) is 1.38. The van der Waals surface area contributed by atoms with Crippen LogP contribution in [-0.4, -0.2) is 19.4 Å². The topological polar surface area (TPSA) is 95.5 Å². The van der Waals surface area contributed by atoms with Crippen molar-refractivity contribution in [3.8, 4) is 0 Å². The van der Waals surface area contributed by atoms with Crippen molar-refractivity contribution in [2.24, 2.45) is 0 Å². The Morgan fingerprint density at radius 3 is 2.40 bits per heavy atom. The van der Waals surface area contributed by atoms with E-state index in [0.29, 0.717) is 0 Å². The highest BCUT2D eigenvalue weighted by molar-refractivity contribution is 7.88. The second-order valence-corrected chi connectivity index (χ2v) is 3.02. The van der Waals surface area contributed by atoms with E-state index < -0.39 is 22.0 Å². The van der Waals surface area contributed by atoms with Gasteiger partial charge in [0.2, 0.25) is 5.88 Å². The summed E-state index contributed by atoms with van der Waals surface area (Å²) in [7, 11) is -3.85. The zero-order valence-corrected chi connectivity index (χ0v) is 5.47. The normalized spacial score (nSPS) is 22.4. The molecule has 0 aliphatic carbocycles. The van der Waals surface area contributed by atoms with E-state index in [1.165, 1.54) is 0 Å². The maximum Gasteiger partial charge on any atom is 0.326 e. The Labute approximate surface area is 56.7 Å². The predicted molar refractivity (Wildman–Crippen MR) is 30.9 cm³/mol. The van der Waals surface area contributed by atoms with Gasteiger partial charge in [0.1, 0.15) is 0 Å². The quantitative estimate of drug-likeness (QED) is 0.399. The van der Waals surface area contributed by atoms with Gasteiger partial charge in [-0.3, -0.25) is 4.79 Å². The molecule has 0 radical (unpaired) electrons. The minimum atomic E-state index is -3.85. The molecule has 0 spiro atoms. The lowest BCUT2D eigenvalue weighted by atomic mass is 10.6. The first-order valence-corrected chi connectivity index (χ1v) is 3.73. The van der Waals surface area contributed by atoms with Crippen LogP contribution in [0, 0.1) is 0 Å². The molecule has 0 bridgehead atoms. The second-order valence-electron chi connectivity index (χ2n) is 1.60. The predicted octanol–water partition coefficient (Wildman–Crippen LogP) is -1.65. The van der Waals surface area contributed by atoms with Gasteiger partial charge in [0.25, 0.3) is 5.91 Å². The number of carbonyl (C=O) groups excluding carboxylic acids is 1. The number of rotatable bonds is 0. The maximum atomic E-state index is 10.4. The van der Waals surface area contributed by atoms with E-state index in [2.05, 4.69) is 0 Å². The number of amides is 1. The first kappa shape index (κ1) is 6.87. The molecule has 0 aromatic carbocycles. The Morgan fingerprint density at radius 1 is 1.40 bits per heavy atom. The van der Waals surface area contributed by atoms with Gasteiger partial charge in [-0.2, -0.15) is 8.42 Å². The molecule has 0 aromatic heterocycles. The molecule has 1 aliphatic heterocycles. The summed E-state index contributed by atoms with van der Waals surface area (Å²) in [5.41, 5.74) is 0. The Morgan fingerprint density at radius 2 is 2.00 bits per heavy atom. The summed E-state index contributed by atoms with van der Waals surface area (Å²) in [4.78, 5) is 10.3. The van der Waals surface area contributed by atoms with Crippen molar-refractivity contribution in [3.63, 3.8) is 0 Å². The van der Waals surface area contributed by atoms with Crippen LogP contribution in [0.2, 0.25) is 0 Å². The van der Waals surface area contributed by atoms with Crippen molar-refractivity contribution in [1.82, 2.24) is 9.44 Å². The highest BCUT2D eigenvalue weighted by Gasteiger charge is 2.19. The molecule has 3 N–H and O–H groups in total. The minimum Gasteiger partial charge on any atom is -0.494 e. The number of aliphatic hydroxyl groups excluding tert-OH is 1. The lowest BCUT2D eigenvalue weighted by molar-refractivity contribution is -0.115. The van der Waals surface area contributed by atoms with Crippen LogP contribution in [0.3, 0.4) is 0 Å². The molecule has 56 valence electrons. The fraction of sp³-hybridized carbons (Fsp3) is 0. The van der Waals surface area contributed by atoms with Crippen LogP contribution in [0.4, 0.5) is 0 Å². The number of aliphatic hydroxyl groups is 1. The van der Waals surface area contributed by atoms with Crippen molar-refractivity contribution in [3.05, 3.63) is 12.0 Å². The van der Waals surface area contributed by atoms with E-state index in [9.17, 15) is 13.2 Å². The Bertz CT molecular complexity index is 290. The highest BCUT2D eigenvalue weighted by atomic mass is 32.2. The largest absolute Gasteiger partial charge is 0.494 e. The molecule has 0 fully saturated rings. The number of carbonyl (C=O) groups is 1. The minimum absolute atomic E-state index is 0.677. The number of hydrogen-bond donors (Lipinski definition) is 3. The van der Waals surface area contributed by atoms with Crippen LogP contribution in [0.25, 0.3) is 0 Å². The van der Waals surface area contributed by atoms with Crippen LogP contribution < -0.4 is 9.44 Å². The molecular weight excluding hydrogens is 160 g/mol. The summed E-state index contributed by atoms with van der Waals surface area (Å²) in [6.45, 7) is 0. The van der Waals surface area contributed by atoms with Crippen LogP contribution in [-0.2, 0) is 15.0 Å². The molecule has 0 saturated carbocycles. The zero-order chi connectivity index (χ0) is 7.78. The van der Waals surface area contributed by atoms with E-state index in [4.69, 9.17) is 5.11 Å². The fourth-order valence-corrected chi connectivity index (χ4v) is 1.19. The van der Waals surface area contributed by atoms with Crippen LogP contribution in [0.5, 0.6) is 0 Å². The van der Waals surface area contributed by atoms with E-state index in [1.807, 2.05) is 0 Å². The van der Waals surface area contributed by atoms with Gasteiger partial charge in [0.05, 0.1) is 6.08 Å². The Kier molecular flexibility index (Phi) is 1.29. The van der Waals surface area contributed by atoms with Crippen molar-refractivity contribution >= 4 is 16.1 Å². The first-order chi connectivity index (χ1) is 4.49. The average Bonchev–Trinajstić information content (AvgIpc) is 1.54. The van der Waals surface area contributed by atoms with Crippen molar-refractivity contribution in [2.75, 3.05) is 0 Å². The smallest absolute Gasteiger partial charge is 0.326 e. The molecule has 0 unspecified atom stereocenters. The molecule has 0 saturated heterocycles. The van der Waals surface area contributed by atoms with Crippen LogP contribution in [0.15, 0.2) is 12.0 Å². The summed E-state index contributed by atoms with van der Waals surface area (Å²) in [5, 5.41) is 8.53. The molecule has 1 rings (SSSR count). The van der Waals surface area contributed by atoms with Gasteiger partial charge in [-0.25, -0.2) is 9.44 Å². The van der Waals surface area contributed by atoms with Gasteiger partial charge in [0.15, 0.2) is 0 Å². The Balaban J connectivity index is 3.02. The number of nitrogens with one attached hydrogen (secondary N) is 2. The molecule has 1 aliphatic rings. The van der Waals surface area contributed by atoms with Gasteiger partial charge >= 0.3 is 10.2 Å². The van der Waals surface area contributed by atoms with Gasteiger partial charge < -0.3 is 5.11 Å². The van der Waals surface area contributed by atoms with E-state index in [-0.39, 0.29) is 0 Å². The third-order valence-electron chi connectivity index (χ3n) is 0.742. The van der Waals surface area contributed by atoms with Gasteiger partial charge in [-0.05, 0) is 0 Å². The fourth-order valence-electron chi connectivity index (χ4n) is 0.479. The van der Waals surface area contributed by atoms with Crippen molar-refractivity contribution < 1.29 is 18.3 Å². The summed E-state index contributed by atoms with van der Waals surface area (Å²) in [5.74, 6) is -1.54. The zero-order valence-electron chi connectivity index (χ0n) is 4.66. The summed E-state index contributed by atoms with van der Waals surface area (Å²) < 4.78 is 24.1. The SMILES string of the molecule is O=C1C=C(O)NS(=O)(=O)N1. The van der Waals surface area contributed by atoms with Crippen LogP contribution >= 0.6 is 0 Å². The lowest BCUT2D eigenvalue weighted by Crippen LogP contribution is -2.43. The third-order valence-corrected chi connectivity index (χ3v) is 1.69. The van der Waals surface area contributed by atoms with Crippen LogP contribution in [0.1, 0.15) is 0 Å². The van der Waals surface area contributed by atoms with Gasteiger partial charge in [-0.15, -0.1) is 0 Å². The summed E-state index contributed by atoms with van der Waals surface area (Å²) in [6, 6.07) is 0. The molecule has 1 amide bonds. The molecular formula is C3H4N2O4S. The van der Waals surface area contributed by atoms with Gasteiger partial charge in [-0.1, -0.05) is 0 Å². The summed E-state index contributed by atoms with van der Waals surface area (Å²) >= 11 is 0. The molecule has 6 nitrogen and oxygen atoms in total. The standard InChI is InChI=1S/C3H4N2O4S/c6-2-1-3(7)5-10(8,9)4-2/h1,4,6H,(H,5,7). The van der Waals surface area contributed by atoms with E-state index in [1.54, 1.807) is 9.44 Å². The van der Waals surface area contributed by atoms with E-state index in [0.717, 1.165) is 6.08 Å². The van der Waals surface area contributed by atoms with Gasteiger partial charge in [0, 0.05) is 0 Å². The molecule has 1 heterocycles. The first-order valence-electron chi connectivity index (χ1n) is 2.25. The molecule has 0 aromatic rings. The van der Waals surface area contributed by atoms with E-state index >= 15 is 0 Å². The van der Waals surface area contributed by atoms with Crippen molar-refractivity contribution in [1.29, 1.82) is 0 Å². The highest BCUT2D eigenvalue weighted by Crippen LogP contribution is 1.93. The Hall–Kier alpha value is -1.24. The molecule has 0 atom stereocenters. The summed E-state index contributed by atoms with van der Waals surface area (Å²) in [6.07, 6.45) is 0.723. The lowest BCUT2D eigenvalue weighted by Gasteiger charge is -2.10. The monoisotopic (exact) mass is 164 g/mol. The molecule has 10 heavy (non-hydrogen) atoms.